The molecule has 0 bridgehead atoms. The average molecular weight is 403 g/mol. The summed E-state index contributed by atoms with van der Waals surface area (Å²) in [6.07, 6.45) is 0.674. The highest BCUT2D eigenvalue weighted by Gasteiger charge is 2.27. The van der Waals surface area contributed by atoms with Gasteiger partial charge in [0.2, 0.25) is 0 Å². The number of carbonyl (C=O) groups excluding carboxylic acids is 1. The van der Waals surface area contributed by atoms with E-state index in [0.29, 0.717) is 22.8 Å². The summed E-state index contributed by atoms with van der Waals surface area (Å²) in [6, 6.07) is 10.5. The number of para-hydroxylation sites is 2. The number of nitro groups is 1. The molecule has 1 N–H and O–H groups in total. The lowest BCUT2D eigenvalue weighted by Gasteiger charge is -2.20. The number of fused-ring (bicyclic) bond motifs is 1. The Hall–Kier alpha value is -2.91. The van der Waals surface area contributed by atoms with Gasteiger partial charge in [0.25, 0.3) is 11.6 Å². The van der Waals surface area contributed by atoms with Crippen molar-refractivity contribution in [3.05, 3.63) is 64.0 Å². The zero-order valence-corrected chi connectivity index (χ0v) is 16.3. The molecule has 0 fully saturated rings. The van der Waals surface area contributed by atoms with Gasteiger partial charge in [-0.3, -0.25) is 19.8 Å². The van der Waals surface area contributed by atoms with Crippen molar-refractivity contribution in [2.45, 2.75) is 6.42 Å². The van der Waals surface area contributed by atoms with Gasteiger partial charge in [-0.1, -0.05) is 29.5 Å². The van der Waals surface area contributed by atoms with Crippen LogP contribution in [-0.2, 0) is 0 Å². The molecule has 0 unspecified atom stereocenters. The third-order valence-electron chi connectivity index (χ3n) is 4.22. The van der Waals surface area contributed by atoms with Crippen LogP contribution in [0, 0.1) is 15.9 Å². The highest BCUT2D eigenvalue weighted by atomic mass is 32.1. The normalized spacial score (nSPS) is 11.1. The van der Waals surface area contributed by atoms with Crippen molar-refractivity contribution in [3.63, 3.8) is 0 Å². The number of aromatic nitrogens is 1. The molecule has 1 aromatic heterocycles. The molecule has 2 aromatic carbocycles. The summed E-state index contributed by atoms with van der Waals surface area (Å²) < 4.78 is 14.7. The van der Waals surface area contributed by atoms with Crippen molar-refractivity contribution < 1.29 is 19.0 Å². The van der Waals surface area contributed by atoms with Crippen LogP contribution in [0.4, 0.5) is 15.2 Å². The molecule has 3 rings (SSSR count). The summed E-state index contributed by atoms with van der Waals surface area (Å²) in [6.45, 7) is 1.14. The van der Waals surface area contributed by atoms with Gasteiger partial charge in [0.1, 0.15) is 16.9 Å². The van der Waals surface area contributed by atoms with Crippen molar-refractivity contribution >= 4 is 38.3 Å². The Morgan fingerprint density at radius 2 is 2.00 bits per heavy atom. The van der Waals surface area contributed by atoms with Crippen molar-refractivity contribution in [2.24, 2.45) is 0 Å². The summed E-state index contributed by atoms with van der Waals surface area (Å²) >= 11 is 1.19. The lowest BCUT2D eigenvalue weighted by Crippen LogP contribution is -3.05. The number of nitrogens with zero attached hydrogens (tertiary/aromatic N) is 3. The number of nitro benzene ring substituents is 1. The number of benzene rings is 2. The van der Waals surface area contributed by atoms with Crippen molar-refractivity contribution in [1.82, 2.24) is 4.98 Å². The first-order valence-electron chi connectivity index (χ1n) is 8.78. The predicted molar refractivity (Wildman–Crippen MR) is 107 cm³/mol. The fraction of sp³-hybridized carbons (Fsp3) is 0.263. The van der Waals surface area contributed by atoms with Gasteiger partial charge in [-0.15, -0.1) is 0 Å². The van der Waals surface area contributed by atoms with E-state index < -0.39 is 16.6 Å². The standard InChI is InChI=1S/C19H19FN4O3S/c1-22(2)11-6-12-23(18(25)13-7-3-4-9-15(13)24(26)27)19-21-17-14(20)8-5-10-16(17)28-19/h3-5,7-10H,6,11-12H2,1-2H3/p+1. The summed E-state index contributed by atoms with van der Waals surface area (Å²) in [5, 5.41) is 11.7. The number of quaternary nitrogens is 1. The SMILES string of the molecule is C[NH+](C)CCCN(C(=O)c1ccccc1[N+](=O)[O-])c1nc2c(F)cccc2s1. The Labute approximate surface area is 165 Å². The van der Waals surface area contributed by atoms with Crippen LogP contribution in [-0.4, -0.2) is 43.0 Å². The smallest absolute Gasteiger partial charge is 0.282 e. The second-order valence-electron chi connectivity index (χ2n) is 6.62. The van der Waals surface area contributed by atoms with E-state index in [4.69, 9.17) is 0 Å². The quantitative estimate of drug-likeness (QED) is 0.486. The van der Waals surface area contributed by atoms with Crippen molar-refractivity contribution in [3.8, 4) is 0 Å². The van der Waals surface area contributed by atoms with Crippen LogP contribution in [0.25, 0.3) is 10.2 Å². The minimum absolute atomic E-state index is 0.00979. The molecule has 0 atom stereocenters. The molecule has 9 heteroatoms. The number of hydrogen-bond donors (Lipinski definition) is 1. The second kappa shape index (κ2) is 8.41. The molecular formula is C19H20FN4O3S+. The van der Waals surface area contributed by atoms with Gasteiger partial charge in [0.15, 0.2) is 5.13 Å². The van der Waals surface area contributed by atoms with E-state index in [0.717, 1.165) is 6.54 Å². The largest absolute Gasteiger partial charge is 0.340 e. The number of amides is 1. The monoisotopic (exact) mass is 403 g/mol. The number of thiazole rings is 1. The van der Waals surface area contributed by atoms with Gasteiger partial charge < -0.3 is 4.90 Å². The molecule has 7 nitrogen and oxygen atoms in total. The maximum Gasteiger partial charge on any atom is 0.282 e. The van der Waals surface area contributed by atoms with Gasteiger partial charge >= 0.3 is 0 Å². The van der Waals surface area contributed by atoms with E-state index >= 15 is 0 Å². The molecule has 28 heavy (non-hydrogen) atoms. The Balaban J connectivity index is 2.02. The minimum atomic E-state index is -0.576. The van der Waals surface area contributed by atoms with E-state index in [9.17, 15) is 19.3 Å². The third-order valence-corrected chi connectivity index (χ3v) is 5.27. The average Bonchev–Trinajstić information content (AvgIpc) is 3.10. The molecule has 146 valence electrons. The molecule has 0 spiro atoms. The van der Waals surface area contributed by atoms with Crippen LogP contribution < -0.4 is 9.80 Å². The number of carbonyl (C=O) groups is 1. The van der Waals surface area contributed by atoms with E-state index in [1.54, 1.807) is 18.2 Å². The first-order valence-corrected chi connectivity index (χ1v) is 9.59. The molecule has 0 aliphatic heterocycles. The molecule has 0 aliphatic rings. The van der Waals surface area contributed by atoms with Crippen LogP contribution in [0.1, 0.15) is 16.8 Å². The molecule has 1 heterocycles. The van der Waals surface area contributed by atoms with E-state index in [1.807, 2.05) is 14.1 Å². The molecule has 0 radical (unpaired) electrons. The number of hydrogen-bond acceptors (Lipinski definition) is 5. The lowest BCUT2D eigenvalue weighted by atomic mass is 10.1. The lowest BCUT2D eigenvalue weighted by molar-refractivity contribution is -0.858. The van der Waals surface area contributed by atoms with Crippen LogP contribution in [0.3, 0.4) is 0 Å². The maximum atomic E-state index is 14.1. The summed E-state index contributed by atoms with van der Waals surface area (Å²) in [7, 11) is 4.00. The third kappa shape index (κ3) is 4.15. The number of nitrogens with one attached hydrogen (secondary N) is 1. The van der Waals surface area contributed by atoms with Gasteiger partial charge in [-0.05, 0) is 18.2 Å². The summed E-state index contributed by atoms with van der Waals surface area (Å²) in [4.78, 5) is 30.9. The molecule has 0 saturated carbocycles. The van der Waals surface area contributed by atoms with E-state index in [1.165, 1.54) is 45.4 Å². The van der Waals surface area contributed by atoms with Crippen LogP contribution in [0.15, 0.2) is 42.5 Å². The fourth-order valence-electron chi connectivity index (χ4n) is 2.85. The highest BCUT2D eigenvalue weighted by molar-refractivity contribution is 7.22. The number of rotatable bonds is 7. The van der Waals surface area contributed by atoms with Crippen LogP contribution in [0.2, 0.25) is 0 Å². The van der Waals surface area contributed by atoms with Crippen LogP contribution >= 0.6 is 11.3 Å². The van der Waals surface area contributed by atoms with Gasteiger partial charge in [-0.25, -0.2) is 9.37 Å². The Morgan fingerprint density at radius 1 is 1.25 bits per heavy atom. The molecule has 0 saturated heterocycles. The van der Waals surface area contributed by atoms with Gasteiger partial charge in [0.05, 0.1) is 30.3 Å². The molecular weight excluding hydrogens is 383 g/mol. The number of anilines is 1. The van der Waals surface area contributed by atoms with E-state index in [2.05, 4.69) is 4.98 Å². The van der Waals surface area contributed by atoms with Crippen LogP contribution in [0.5, 0.6) is 0 Å². The summed E-state index contributed by atoms with van der Waals surface area (Å²) in [5.41, 5.74) is -0.0754. The zero-order chi connectivity index (χ0) is 20.3. The molecule has 1 amide bonds. The summed E-state index contributed by atoms with van der Waals surface area (Å²) in [5.74, 6) is -0.976. The van der Waals surface area contributed by atoms with E-state index in [-0.39, 0.29) is 16.8 Å². The highest BCUT2D eigenvalue weighted by Crippen LogP contribution is 2.32. The predicted octanol–water partition coefficient (Wildman–Crippen LogP) is 2.53. The van der Waals surface area contributed by atoms with Gasteiger partial charge in [-0.2, -0.15) is 0 Å². The second-order valence-corrected chi connectivity index (χ2v) is 7.63. The Bertz CT molecular complexity index is 1020. The topological polar surface area (TPSA) is 80.8 Å². The Morgan fingerprint density at radius 3 is 2.68 bits per heavy atom. The van der Waals surface area contributed by atoms with Gasteiger partial charge in [0, 0.05) is 19.0 Å². The molecule has 3 aromatic rings. The fourth-order valence-corrected chi connectivity index (χ4v) is 3.86. The zero-order valence-electron chi connectivity index (χ0n) is 15.5. The first kappa shape index (κ1) is 19.8. The minimum Gasteiger partial charge on any atom is -0.340 e. The first-order chi connectivity index (χ1) is 13.4. The number of halogens is 1. The van der Waals surface area contributed by atoms with Crippen molar-refractivity contribution in [2.75, 3.05) is 32.1 Å². The maximum absolute atomic E-state index is 14.1. The van der Waals surface area contributed by atoms with Crippen molar-refractivity contribution in [1.29, 1.82) is 0 Å². The molecule has 0 aliphatic carbocycles. The Kier molecular flexibility index (Phi) is 5.96.